The molecule has 0 radical (unpaired) electrons. The van der Waals surface area contributed by atoms with Crippen LogP contribution >= 0.6 is 0 Å². The zero-order valence-electron chi connectivity index (χ0n) is 28.5. The SMILES string of the molecule is CCOc1cc(-c2cc(N(C)CC(C)(C)COC)c3[nH]c(-c4cnc(N5CCN(CCC(=O)O)C[C@H]5C)cn4)nc3n2)cc(C(F)(F)F)n1. The first-order chi connectivity index (χ1) is 23.2. The fourth-order valence-corrected chi connectivity index (χ4v) is 6.15. The number of carboxylic acids is 1. The lowest BCUT2D eigenvalue weighted by molar-refractivity contribution is -0.141. The number of pyridine rings is 2. The first kappa shape index (κ1) is 35.7. The zero-order chi connectivity index (χ0) is 35.5. The van der Waals surface area contributed by atoms with Gasteiger partial charge in [-0.3, -0.25) is 9.69 Å². The summed E-state index contributed by atoms with van der Waals surface area (Å²) in [7, 11) is 3.53. The van der Waals surface area contributed by atoms with Crippen LogP contribution in [0.1, 0.15) is 39.8 Å². The van der Waals surface area contributed by atoms with Gasteiger partial charge >= 0.3 is 12.1 Å². The molecule has 0 aromatic carbocycles. The fraction of sp³-hybridized carbons (Fsp3) is 0.515. The van der Waals surface area contributed by atoms with Crippen molar-refractivity contribution in [2.75, 3.05) is 69.9 Å². The molecule has 0 spiro atoms. The number of hydrogen-bond donors (Lipinski definition) is 2. The maximum Gasteiger partial charge on any atom is 0.433 e. The number of ether oxygens (including phenoxy) is 2. The molecule has 0 unspecified atom stereocenters. The minimum atomic E-state index is -4.69. The molecule has 1 aliphatic heterocycles. The van der Waals surface area contributed by atoms with Crippen LogP contribution in [0.25, 0.3) is 33.9 Å². The van der Waals surface area contributed by atoms with Crippen molar-refractivity contribution in [3.8, 4) is 28.7 Å². The second-order valence-corrected chi connectivity index (χ2v) is 13.0. The molecule has 1 saturated heterocycles. The van der Waals surface area contributed by atoms with E-state index in [0.717, 1.165) is 6.07 Å². The summed E-state index contributed by atoms with van der Waals surface area (Å²) in [6.07, 6.45) is -1.29. The number of anilines is 2. The number of imidazole rings is 1. The Morgan fingerprint density at radius 1 is 1.10 bits per heavy atom. The van der Waals surface area contributed by atoms with E-state index in [0.29, 0.717) is 73.5 Å². The van der Waals surface area contributed by atoms with Crippen LogP contribution in [0.5, 0.6) is 5.88 Å². The Kier molecular flexibility index (Phi) is 10.6. The summed E-state index contributed by atoms with van der Waals surface area (Å²) in [4.78, 5) is 42.9. The smallest absolute Gasteiger partial charge is 0.433 e. The molecule has 49 heavy (non-hydrogen) atoms. The Labute approximate surface area is 282 Å². The minimum Gasteiger partial charge on any atom is -0.481 e. The summed E-state index contributed by atoms with van der Waals surface area (Å²) >= 11 is 0. The van der Waals surface area contributed by atoms with Crippen molar-refractivity contribution in [2.45, 2.75) is 46.3 Å². The highest BCUT2D eigenvalue weighted by Crippen LogP contribution is 2.36. The van der Waals surface area contributed by atoms with Gasteiger partial charge in [-0.2, -0.15) is 13.2 Å². The standard InChI is InChI=1S/C33H42F3N9O4/c1-7-49-27-13-21(12-25(40-27)33(34,35)36)22-14-24(43(5)18-32(3,4)19-48-6)29-31(39-22)42-30(41-29)23-15-38-26(16-37-23)45-11-10-44(17-20(45)2)9-8-28(46)47/h12-16,20H,7-11,17-19H2,1-6H3,(H,46,47)(H,39,41,42)/t20-/m1/s1. The van der Waals surface area contributed by atoms with Crippen LogP contribution in [0.15, 0.2) is 30.6 Å². The first-order valence-electron chi connectivity index (χ1n) is 16.0. The van der Waals surface area contributed by atoms with E-state index in [1.807, 2.05) is 11.9 Å². The van der Waals surface area contributed by atoms with Gasteiger partial charge in [-0.1, -0.05) is 13.8 Å². The number of carbonyl (C=O) groups is 1. The van der Waals surface area contributed by atoms with E-state index < -0.39 is 17.8 Å². The maximum absolute atomic E-state index is 13.8. The topological polar surface area (TPSA) is 146 Å². The second kappa shape index (κ2) is 14.5. The van der Waals surface area contributed by atoms with E-state index in [2.05, 4.69) is 55.5 Å². The van der Waals surface area contributed by atoms with Crippen molar-refractivity contribution < 1.29 is 32.5 Å². The number of aromatic nitrogens is 6. The lowest BCUT2D eigenvalue weighted by Gasteiger charge is -2.40. The van der Waals surface area contributed by atoms with E-state index >= 15 is 0 Å². The van der Waals surface area contributed by atoms with Crippen LogP contribution in [-0.2, 0) is 15.7 Å². The number of H-pyrrole nitrogens is 1. The largest absolute Gasteiger partial charge is 0.481 e. The van der Waals surface area contributed by atoms with Crippen LogP contribution in [0.2, 0.25) is 0 Å². The number of piperazine rings is 1. The molecule has 264 valence electrons. The number of nitrogens with one attached hydrogen (secondary N) is 1. The summed E-state index contributed by atoms with van der Waals surface area (Å²) in [5, 5.41) is 9.03. The summed E-state index contributed by atoms with van der Waals surface area (Å²) in [5.74, 6) is 0.122. The highest BCUT2D eigenvalue weighted by molar-refractivity contribution is 5.91. The van der Waals surface area contributed by atoms with E-state index in [4.69, 9.17) is 19.6 Å². The number of carboxylic acid groups (broad SMARTS) is 1. The van der Waals surface area contributed by atoms with Crippen LogP contribution in [0.4, 0.5) is 24.7 Å². The minimum absolute atomic E-state index is 0.100. The number of aliphatic carboxylic acids is 1. The van der Waals surface area contributed by atoms with Crippen molar-refractivity contribution in [1.82, 2.24) is 34.8 Å². The molecule has 13 nitrogen and oxygen atoms in total. The number of halogens is 3. The molecule has 4 aromatic heterocycles. The van der Waals surface area contributed by atoms with Crippen LogP contribution < -0.4 is 14.5 Å². The van der Waals surface area contributed by atoms with E-state index in [1.165, 1.54) is 6.07 Å². The molecule has 0 amide bonds. The normalized spacial score (nSPS) is 15.9. The molecule has 1 aliphatic rings. The van der Waals surface area contributed by atoms with Gasteiger partial charge in [0.25, 0.3) is 0 Å². The molecule has 1 atom stereocenters. The molecule has 1 fully saturated rings. The number of aromatic amines is 1. The average molecular weight is 686 g/mol. The third-order valence-electron chi connectivity index (χ3n) is 8.26. The van der Waals surface area contributed by atoms with E-state index in [9.17, 15) is 18.0 Å². The Morgan fingerprint density at radius 3 is 2.51 bits per heavy atom. The average Bonchev–Trinajstić information content (AvgIpc) is 3.47. The van der Waals surface area contributed by atoms with Gasteiger partial charge in [0.15, 0.2) is 11.5 Å². The third kappa shape index (κ3) is 8.54. The Balaban J connectivity index is 1.51. The van der Waals surface area contributed by atoms with E-state index in [-0.39, 0.29) is 41.6 Å². The van der Waals surface area contributed by atoms with Crippen LogP contribution in [0.3, 0.4) is 0 Å². The Hall–Kier alpha value is -4.57. The van der Waals surface area contributed by atoms with Crippen molar-refractivity contribution in [1.29, 1.82) is 0 Å². The number of nitrogens with zero attached hydrogens (tertiary/aromatic N) is 8. The zero-order valence-corrected chi connectivity index (χ0v) is 28.5. The van der Waals surface area contributed by atoms with Gasteiger partial charge in [0.05, 0.1) is 43.4 Å². The fourth-order valence-electron chi connectivity index (χ4n) is 6.15. The van der Waals surface area contributed by atoms with Gasteiger partial charge in [0, 0.05) is 70.0 Å². The predicted molar refractivity (Wildman–Crippen MR) is 179 cm³/mol. The summed E-state index contributed by atoms with van der Waals surface area (Å²) < 4.78 is 52.3. The Morgan fingerprint density at radius 2 is 1.88 bits per heavy atom. The molecule has 5 rings (SSSR count). The lowest BCUT2D eigenvalue weighted by Crippen LogP contribution is -2.52. The second-order valence-electron chi connectivity index (χ2n) is 13.0. The highest BCUT2D eigenvalue weighted by Gasteiger charge is 2.34. The quantitative estimate of drug-likeness (QED) is 0.196. The number of hydrogen-bond acceptors (Lipinski definition) is 11. The van der Waals surface area contributed by atoms with Gasteiger partial charge < -0.3 is 29.4 Å². The number of rotatable bonds is 13. The van der Waals surface area contributed by atoms with Crippen molar-refractivity contribution >= 4 is 28.6 Å². The number of alkyl halides is 3. The molecular weight excluding hydrogens is 643 g/mol. The van der Waals surface area contributed by atoms with Gasteiger partial charge in [-0.25, -0.2) is 24.9 Å². The third-order valence-corrected chi connectivity index (χ3v) is 8.26. The van der Waals surface area contributed by atoms with Gasteiger partial charge in [-0.05, 0) is 26.0 Å². The molecule has 16 heteroatoms. The summed E-state index contributed by atoms with van der Waals surface area (Å²) in [6, 6.07) is 4.23. The lowest BCUT2D eigenvalue weighted by atomic mass is 9.94. The van der Waals surface area contributed by atoms with Gasteiger partial charge in [0.1, 0.15) is 22.7 Å². The van der Waals surface area contributed by atoms with Crippen molar-refractivity contribution in [2.24, 2.45) is 5.41 Å². The molecule has 5 heterocycles. The molecule has 0 saturated carbocycles. The molecular formula is C33H42F3N9O4. The van der Waals surface area contributed by atoms with Crippen LogP contribution in [0, 0.1) is 5.41 Å². The number of methoxy groups -OCH3 is 1. The van der Waals surface area contributed by atoms with Crippen LogP contribution in [-0.4, -0.2) is 112 Å². The summed E-state index contributed by atoms with van der Waals surface area (Å²) in [5.41, 5.74) is 1.12. The predicted octanol–water partition coefficient (Wildman–Crippen LogP) is 4.99. The van der Waals surface area contributed by atoms with Crippen molar-refractivity contribution in [3.05, 3.63) is 36.3 Å². The maximum atomic E-state index is 13.8. The van der Waals surface area contributed by atoms with Gasteiger partial charge in [0.2, 0.25) is 5.88 Å². The van der Waals surface area contributed by atoms with Gasteiger partial charge in [-0.15, -0.1) is 0 Å². The molecule has 0 bridgehead atoms. The highest BCUT2D eigenvalue weighted by atomic mass is 19.4. The molecule has 0 aliphatic carbocycles. The monoisotopic (exact) mass is 685 g/mol. The Bertz CT molecular complexity index is 1760. The first-order valence-corrected chi connectivity index (χ1v) is 16.0. The number of fused-ring (bicyclic) bond motifs is 1. The summed E-state index contributed by atoms with van der Waals surface area (Å²) in [6.45, 7) is 11.6. The molecule has 2 N–H and O–H groups in total. The molecule has 4 aromatic rings. The van der Waals surface area contributed by atoms with Crippen molar-refractivity contribution in [3.63, 3.8) is 0 Å². The van der Waals surface area contributed by atoms with E-state index in [1.54, 1.807) is 32.5 Å².